The highest BCUT2D eigenvalue weighted by Gasteiger charge is 2.23. The Kier molecular flexibility index (Phi) is 6.28. The summed E-state index contributed by atoms with van der Waals surface area (Å²) in [6.45, 7) is 5.68. The van der Waals surface area contributed by atoms with Crippen LogP contribution >= 0.6 is 23.2 Å². The van der Waals surface area contributed by atoms with Crippen LogP contribution in [0.25, 0.3) is 11.0 Å². The van der Waals surface area contributed by atoms with Gasteiger partial charge in [-0.05, 0) is 56.7 Å². The molecule has 0 aliphatic heterocycles. The molecule has 0 aliphatic carbocycles. The smallest absolute Gasteiger partial charge is 0.261 e. The maximum atomic E-state index is 13.5. The number of carbonyl (C=O) groups is 1. The SMILES string of the molecule is Cc1ccc(S(=O)(=O)Nc2cc(C(=O)c3cn(C(C)C)c4ncnc(N)c34)ccc2Cl)cc1Cl. The first-order valence-electron chi connectivity index (χ1n) is 10.2. The monoisotopic (exact) mass is 517 g/mol. The number of nitrogen functional groups attached to an aromatic ring is 1. The summed E-state index contributed by atoms with van der Waals surface area (Å²) in [5, 5.41) is 0.887. The second-order valence-electron chi connectivity index (χ2n) is 8.04. The van der Waals surface area contributed by atoms with E-state index in [9.17, 15) is 13.2 Å². The number of aromatic nitrogens is 3. The van der Waals surface area contributed by atoms with E-state index in [0.717, 1.165) is 5.56 Å². The maximum absolute atomic E-state index is 13.5. The van der Waals surface area contributed by atoms with Crippen LogP contribution in [0.5, 0.6) is 0 Å². The Balaban J connectivity index is 1.76. The summed E-state index contributed by atoms with van der Waals surface area (Å²) in [4.78, 5) is 21.7. The number of nitrogens with two attached hydrogens (primary N) is 1. The number of sulfonamides is 1. The van der Waals surface area contributed by atoms with E-state index in [1.54, 1.807) is 19.2 Å². The molecule has 0 atom stereocenters. The first-order valence-corrected chi connectivity index (χ1v) is 12.5. The largest absolute Gasteiger partial charge is 0.383 e. The highest BCUT2D eigenvalue weighted by Crippen LogP contribution is 2.31. The molecule has 0 amide bonds. The highest BCUT2D eigenvalue weighted by molar-refractivity contribution is 7.92. The third-order valence-corrected chi connectivity index (χ3v) is 7.47. The van der Waals surface area contributed by atoms with Crippen molar-refractivity contribution in [3.8, 4) is 0 Å². The molecule has 0 fully saturated rings. The number of rotatable bonds is 6. The van der Waals surface area contributed by atoms with Crippen molar-refractivity contribution in [3.63, 3.8) is 0 Å². The van der Waals surface area contributed by atoms with Crippen molar-refractivity contribution in [2.75, 3.05) is 10.5 Å². The van der Waals surface area contributed by atoms with E-state index in [2.05, 4.69) is 14.7 Å². The summed E-state index contributed by atoms with van der Waals surface area (Å²) in [5.74, 6) is -0.194. The van der Waals surface area contributed by atoms with Gasteiger partial charge >= 0.3 is 0 Å². The molecule has 3 N–H and O–H groups in total. The second kappa shape index (κ2) is 8.90. The number of halogens is 2. The van der Waals surface area contributed by atoms with Gasteiger partial charge in [-0.15, -0.1) is 0 Å². The normalized spacial score (nSPS) is 11.8. The van der Waals surface area contributed by atoms with Gasteiger partial charge in [0.15, 0.2) is 5.78 Å². The van der Waals surface area contributed by atoms with Crippen LogP contribution in [-0.4, -0.2) is 28.7 Å². The van der Waals surface area contributed by atoms with Crippen molar-refractivity contribution in [3.05, 3.63) is 75.7 Å². The molecule has 0 unspecified atom stereocenters. The third kappa shape index (κ3) is 4.34. The predicted molar refractivity (Wildman–Crippen MR) is 134 cm³/mol. The lowest BCUT2D eigenvalue weighted by Crippen LogP contribution is -2.14. The molecule has 34 heavy (non-hydrogen) atoms. The van der Waals surface area contributed by atoms with E-state index in [1.165, 1.54) is 36.7 Å². The van der Waals surface area contributed by atoms with E-state index in [4.69, 9.17) is 28.9 Å². The number of hydrogen-bond acceptors (Lipinski definition) is 6. The van der Waals surface area contributed by atoms with Crippen molar-refractivity contribution in [1.82, 2.24) is 14.5 Å². The summed E-state index contributed by atoms with van der Waals surface area (Å²) in [7, 11) is -4.01. The Morgan fingerprint density at radius 2 is 1.82 bits per heavy atom. The van der Waals surface area contributed by atoms with E-state index in [0.29, 0.717) is 21.6 Å². The van der Waals surface area contributed by atoms with Gasteiger partial charge in [0.25, 0.3) is 10.0 Å². The molecule has 0 bridgehead atoms. The number of fused-ring (bicyclic) bond motifs is 1. The maximum Gasteiger partial charge on any atom is 0.261 e. The van der Waals surface area contributed by atoms with Crippen LogP contribution in [0, 0.1) is 6.92 Å². The number of aryl methyl sites for hydroxylation is 1. The fourth-order valence-electron chi connectivity index (χ4n) is 3.52. The fourth-order valence-corrected chi connectivity index (χ4v) is 5.08. The minimum atomic E-state index is -4.01. The quantitative estimate of drug-likeness (QED) is 0.337. The molecule has 4 rings (SSSR count). The predicted octanol–water partition coefficient (Wildman–Crippen LogP) is 5.24. The average molecular weight is 518 g/mol. The number of anilines is 2. The first kappa shape index (κ1) is 24.0. The van der Waals surface area contributed by atoms with Crippen molar-refractivity contribution in [2.24, 2.45) is 0 Å². The topological polar surface area (TPSA) is 120 Å². The lowest BCUT2D eigenvalue weighted by Gasteiger charge is -2.12. The summed E-state index contributed by atoms with van der Waals surface area (Å²) in [5.41, 5.74) is 7.94. The van der Waals surface area contributed by atoms with Gasteiger partial charge in [-0.3, -0.25) is 9.52 Å². The number of hydrogen-bond donors (Lipinski definition) is 2. The van der Waals surface area contributed by atoms with Gasteiger partial charge < -0.3 is 10.3 Å². The molecule has 2 aromatic heterocycles. The lowest BCUT2D eigenvalue weighted by atomic mass is 10.0. The van der Waals surface area contributed by atoms with Crippen LogP contribution in [0.15, 0.2) is 53.8 Å². The standard InChI is InChI=1S/C23H21Cl2N5O3S/c1-12(2)30-10-16(20-22(26)27-11-28-23(20)30)21(31)14-5-7-17(24)19(8-14)29-34(32,33)15-6-4-13(3)18(25)9-15/h4-12,29H,1-3H3,(H2,26,27,28). The number of benzene rings is 2. The van der Waals surface area contributed by atoms with E-state index in [1.807, 2.05) is 18.4 Å². The molecule has 2 aromatic carbocycles. The van der Waals surface area contributed by atoms with Crippen LogP contribution in [0.3, 0.4) is 0 Å². The summed E-state index contributed by atoms with van der Waals surface area (Å²) in [6, 6.07) is 8.78. The van der Waals surface area contributed by atoms with Crippen molar-refractivity contribution < 1.29 is 13.2 Å². The van der Waals surface area contributed by atoms with Crippen LogP contribution in [0.4, 0.5) is 11.5 Å². The number of nitrogens with one attached hydrogen (secondary N) is 1. The molecule has 176 valence electrons. The Hall–Kier alpha value is -3.14. The second-order valence-corrected chi connectivity index (χ2v) is 10.5. The van der Waals surface area contributed by atoms with E-state index < -0.39 is 10.0 Å². The van der Waals surface area contributed by atoms with Crippen LogP contribution in [0.2, 0.25) is 10.0 Å². The summed E-state index contributed by atoms with van der Waals surface area (Å²) in [6.07, 6.45) is 3.02. The molecule has 0 saturated heterocycles. The fraction of sp³-hybridized carbons (Fsp3) is 0.174. The summed E-state index contributed by atoms with van der Waals surface area (Å²) < 4.78 is 30.1. The van der Waals surface area contributed by atoms with Gasteiger partial charge in [-0.25, -0.2) is 18.4 Å². The van der Waals surface area contributed by atoms with Crippen LogP contribution < -0.4 is 10.5 Å². The Morgan fingerprint density at radius 1 is 1.09 bits per heavy atom. The van der Waals surface area contributed by atoms with Gasteiger partial charge in [-0.2, -0.15) is 0 Å². The van der Waals surface area contributed by atoms with Gasteiger partial charge in [0.1, 0.15) is 17.8 Å². The number of nitrogens with zero attached hydrogens (tertiary/aromatic N) is 3. The van der Waals surface area contributed by atoms with E-state index >= 15 is 0 Å². The van der Waals surface area contributed by atoms with Crippen molar-refractivity contribution >= 4 is 61.5 Å². The zero-order valence-electron chi connectivity index (χ0n) is 18.5. The van der Waals surface area contributed by atoms with Crippen molar-refractivity contribution in [1.29, 1.82) is 0 Å². The third-order valence-electron chi connectivity index (χ3n) is 5.37. The van der Waals surface area contributed by atoms with Crippen LogP contribution in [-0.2, 0) is 10.0 Å². The van der Waals surface area contributed by atoms with Crippen molar-refractivity contribution in [2.45, 2.75) is 31.7 Å². The Labute approximate surface area is 206 Å². The Morgan fingerprint density at radius 3 is 2.50 bits per heavy atom. The number of carbonyl (C=O) groups excluding carboxylic acids is 1. The van der Waals surface area contributed by atoms with Gasteiger partial charge in [-0.1, -0.05) is 29.3 Å². The molecule has 8 nitrogen and oxygen atoms in total. The van der Waals surface area contributed by atoms with Gasteiger partial charge in [0, 0.05) is 22.8 Å². The first-order chi connectivity index (χ1) is 16.0. The molecule has 0 radical (unpaired) electrons. The van der Waals surface area contributed by atoms with Crippen LogP contribution in [0.1, 0.15) is 41.4 Å². The zero-order valence-corrected chi connectivity index (χ0v) is 20.8. The molecular formula is C23H21Cl2N5O3S. The van der Waals surface area contributed by atoms with Gasteiger partial charge in [0.2, 0.25) is 0 Å². The summed E-state index contributed by atoms with van der Waals surface area (Å²) >= 11 is 12.3. The molecule has 0 spiro atoms. The zero-order chi connectivity index (χ0) is 24.8. The van der Waals surface area contributed by atoms with Gasteiger partial charge in [0.05, 0.1) is 26.6 Å². The lowest BCUT2D eigenvalue weighted by molar-refractivity contribution is 0.104. The minimum absolute atomic E-state index is 0.0206. The van der Waals surface area contributed by atoms with E-state index in [-0.39, 0.29) is 38.8 Å². The molecule has 0 saturated carbocycles. The molecular weight excluding hydrogens is 497 g/mol. The minimum Gasteiger partial charge on any atom is -0.383 e. The molecule has 4 aromatic rings. The number of ketones is 1. The average Bonchev–Trinajstić information content (AvgIpc) is 3.18. The highest BCUT2D eigenvalue weighted by atomic mass is 35.5. The molecule has 2 heterocycles. The molecule has 11 heteroatoms. The molecule has 0 aliphatic rings. The Bertz CT molecular complexity index is 1550.